The molecule has 1 saturated heterocycles. The van der Waals surface area contributed by atoms with Crippen LogP contribution in [0.1, 0.15) is 5.56 Å². The maximum absolute atomic E-state index is 12.3. The summed E-state index contributed by atoms with van der Waals surface area (Å²) in [5.41, 5.74) is 0.0402. The molecular weight excluding hydrogens is 352 g/mol. The van der Waals surface area contributed by atoms with Crippen molar-refractivity contribution >= 4 is 46.0 Å². The maximum Gasteiger partial charge on any atom is 0.280 e. The average molecular weight is 366 g/mol. The van der Waals surface area contributed by atoms with Crippen molar-refractivity contribution < 1.29 is 19.2 Å². The summed E-state index contributed by atoms with van der Waals surface area (Å²) >= 11 is 6.24. The molecular formula is C15H14N2O5S2. The lowest BCUT2D eigenvalue weighted by Gasteiger charge is -2.10. The highest BCUT2D eigenvalue weighted by atomic mass is 32.2. The van der Waals surface area contributed by atoms with Crippen LogP contribution in [-0.2, 0) is 4.79 Å². The summed E-state index contributed by atoms with van der Waals surface area (Å²) in [6.07, 6.45) is 3.00. The molecule has 7 nitrogen and oxygen atoms in total. The zero-order valence-electron chi connectivity index (χ0n) is 13.0. The normalized spacial score (nSPS) is 15.8. The highest BCUT2D eigenvalue weighted by Gasteiger charge is 2.32. The van der Waals surface area contributed by atoms with Gasteiger partial charge in [-0.2, -0.15) is 0 Å². The van der Waals surface area contributed by atoms with Crippen LogP contribution in [0.5, 0.6) is 11.5 Å². The predicted octanol–water partition coefficient (Wildman–Crippen LogP) is 3.00. The Balaban J connectivity index is 2.52. The van der Waals surface area contributed by atoms with Gasteiger partial charge in [-0.05, 0) is 12.1 Å². The molecule has 0 aromatic heterocycles. The fourth-order valence-electron chi connectivity index (χ4n) is 2.09. The summed E-state index contributed by atoms with van der Waals surface area (Å²) in [7, 11) is 2.82. The number of ether oxygens (including phenoxy) is 2. The Kier molecular flexibility index (Phi) is 5.58. The van der Waals surface area contributed by atoms with Crippen molar-refractivity contribution in [1.29, 1.82) is 0 Å². The van der Waals surface area contributed by atoms with Crippen molar-refractivity contribution in [3.8, 4) is 11.5 Å². The summed E-state index contributed by atoms with van der Waals surface area (Å²) in [6.45, 7) is 3.87. The van der Waals surface area contributed by atoms with Gasteiger partial charge in [-0.15, -0.1) is 6.58 Å². The smallest absolute Gasteiger partial charge is 0.280 e. The first-order valence-corrected chi connectivity index (χ1v) is 7.92. The molecule has 1 amide bonds. The number of nitrogens with zero attached hydrogens (tertiary/aromatic N) is 2. The number of amides is 1. The van der Waals surface area contributed by atoms with Gasteiger partial charge in [-0.3, -0.25) is 19.8 Å². The van der Waals surface area contributed by atoms with Gasteiger partial charge in [0.25, 0.3) is 11.6 Å². The van der Waals surface area contributed by atoms with Gasteiger partial charge in [0.1, 0.15) is 4.32 Å². The van der Waals surface area contributed by atoms with Crippen LogP contribution >= 0.6 is 24.0 Å². The average Bonchev–Trinajstić information content (AvgIpc) is 2.82. The van der Waals surface area contributed by atoms with Gasteiger partial charge >= 0.3 is 0 Å². The quantitative estimate of drug-likeness (QED) is 0.252. The minimum atomic E-state index is -0.543. The molecule has 1 aliphatic rings. The number of nitro benzene ring substituents is 1. The summed E-state index contributed by atoms with van der Waals surface area (Å²) in [5, 5.41) is 11.3. The van der Waals surface area contributed by atoms with Crippen molar-refractivity contribution in [3.63, 3.8) is 0 Å². The van der Waals surface area contributed by atoms with E-state index in [1.807, 2.05) is 0 Å². The number of nitro groups is 1. The Labute approximate surface area is 148 Å². The number of methoxy groups -OCH3 is 2. The highest BCUT2D eigenvalue weighted by Crippen LogP contribution is 2.38. The molecule has 0 N–H and O–H groups in total. The van der Waals surface area contributed by atoms with E-state index in [2.05, 4.69) is 6.58 Å². The zero-order chi connectivity index (χ0) is 17.9. The van der Waals surface area contributed by atoms with E-state index in [0.29, 0.717) is 15.0 Å². The van der Waals surface area contributed by atoms with E-state index in [1.54, 1.807) is 6.08 Å². The lowest BCUT2D eigenvalue weighted by Crippen LogP contribution is -2.27. The third kappa shape index (κ3) is 3.41. The van der Waals surface area contributed by atoms with Crippen LogP contribution < -0.4 is 9.47 Å². The van der Waals surface area contributed by atoms with Gasteiger partial charge in [0.15, 0.2) is 11.5 Å². The van der Waals surface area contributed by atoms with Gasteiger partial charge < -0.3 is 9.47 Å². The van der Waals surface area contributed by atoms with Gasteiger partial charge in [-0.1, -0.05) is 30.1 Å². The number of carbonyl (C=O) groups is 1. The molecule has 2 rings (SSSR count). The second-order valence-electron chi connectivity index (χ2n) is 4.60. The van der Waals surface area contributed by atoms with E-state index >= 15 is 0 Å². The zero-order valence-corrected chi connectivity index (χ0v) is 14.6. The Bertz CT molecular complexity index is 760. The molecule has 0 unspecified atom stereocenters. The molecule has 1 aromatic rings. The van der Waals surface area contributed by atoms with Crippen LogP contribution in [0.25, 0.3) is 6.08 Å². The van der Waals surface area contributed by atoms with E-state index in [1.165, 1.54) is 37.3 Å². The third-order valence-electron chi connectivity index (χ3n) is 3.20. The number of thiocarbonyl (C=S) groups is 1. The molecule has 1 heterocycles. The minimum Gasteiger partial charge on any atom is -0.493 e. The molecule has 24 heavy (non-hydrogen) atoms. The summed E-state index contributed by atoms with van der Waals surface area (Å²) in [6, 6.07) is 2.71. The van der Waals surface area contributed by atoms with Crippen LogP contribution in [0.3, 0.4) is 0 Å². The Morgan fingerprint density at radius 3 is 2.54 bits per heavy atom. The first-order valence-electron chi connectivity index (χ1n) is 6.69. The second kappa shape index (κ2) is 7.45. The topological polar surface area (TPSA) is 81.9 Å². The van der Waals surface area contributed by atoms with Crippen LogP contribution in [0.2, 0.25) is 0 Å². The fourth-order valence-corrected chi connectivity index (χ4v) is 3.35. The first-order chi connectivity index (χ1) is 11.4. The number of hydrogen-bond donors (Lipinski definition) is 0. The molecule has 0 radical (unpaired) electrons. The van der Waals surface area contributed by atoms with Crippen LogP contribution in [0.4, 0.5) is 5.69 Å². The predicted molar refractivity (Wildman–Crippen MR) is 96.3 cm³/mol. The molecule has 1 aromatic carbocycles. The summed E-state index contributed by atoms with van der Waals surface area (Å²) in [5.74, 6) is 0.255. The highest BCUT2D eigenvalue weighted by molar-refractivity contribution is 8.26. The summed E-state index contributed by atoms with van der Waals surface area (Å²) in [4.78, 5) is 24.8. The molecule has 9 heteroatoms. The Hall–Kier alpha value is -2.39. The largest absolute Gasteiger partial charge is 0.493 e. The van der Waals surface area contributed by atoms with Crippen molar-refractivity contribution in [2.75, 3.05) is 20.8 Å². The molecule has 1 fully saturated rings. The van der Waals surface area contributed by atoms with E-state index in [-0.39, 0.29) is 29.5 Å². The van der Waals surface area contributed by atoms with E-state index in [0.717, 1.165) is 11.8 Å². The molecule has 0 aliphatic carbocycles. The van der Waals surface area contributed by atoms with Gasteiger partial charge in [0.05, 0.1) is 35.7 Å². The van der Waals surface area contributed by atoms with Crippen LogP contribution in [0.15, 0.2) is 29.7 Å². The van der Waals surface area contributed by atoms with Gasteiger partial charge in [-0.25, -0.2) is 0 Å². The van der Waals surface area contributed by atoms with E-state index in [9.17, 15) is 14.9 Å². The lowest BCUT2D eigenvalue weighted by atomic mass is 10.1. The number of benzene rings is 1. The van der Waals surface area contributed by atoms with Crippen molar-refractivity contribution in [1.82, 2.24) is 4.90 Å². The lowest BCUT2D eigenvalue weighted by molar-refractivity contribution is -0.385. The standard InChI is InChI=1S/C15H14N2O5S2/c1-4-5-16-14(18)13(24-15(16)23)7-9-6-11(21-2)12(22-3)8-10(9)17(19)20/h4,6-8H,1,5H2,2-3H3/b13-7+. The van der Waals surface area contributed by atoms with Crippen LogP contribution in [-0.4, -0.2) is 40.8 Å². The van der Waals surface area contributed by atoms with Crippen molar-refractivity contribution in [2.24, 2.45) is 0 Å². The molecule has 126 valence electrons. The Morgan fingerprint density at radius 2 is 2.00 bits per heavy atom. The van der Waals surface area contributed by atoms with E-state index < -0.39 is 4.92 Å². The molecule has 1 aliphatic heterocycles. The van der Waals surface area contributed by atoms with Crippen LogP contribution in [0, 0.1) is 10.1 Å². The summed E-state index contributed by atoms with van der Waals surface area (Å²) < 4.78 is 10.6. The third-order valence-corrected chi connectivity index (χ3v) is 4.58. The molecule has 0 spiro atoms. The first kappa shape index (κ1) is 18.0. The van der Waals surface area contributed by atoms with Gasteiger partial charge in [0, 0.05) is 6.54 Å². The molecule has 0 atom stereocenters. The monoisotopic (exact) mass is 366 g/mol. The fraction of sp³-hybridized carbons (Fsp3) is 0.200. The number of thioether (sulfide) groups is 1. The van der Waals surface area contributed by atoms with Crippen molar-refractivity contribution in [3.05, 3.63) is 45.4 Å². The number of hydrogen-bond acceptors (Lipinski definition) is 7. The molecule has 0 bridgehead atoms. The minimum absolute atomic E-state index is 0.193. The molecule has 0 saturated carbocycles. The SMILES string of the molecule is C=CCN1C(=O)/C(=C\c2cc(OC)c(OC)cc2[N+](=O)[O-])SC1=S. The van der Waals surface area contributed by atoms with Gasteiger partial charge in [0.2, 0.25) is 0 Å². The number of carbonyl (C=O) groups excluding carboxylic acids is 1. The second-order valence-corrected chi connectivity index (χ2v) is 6.28. The maximum atomic E-state index is 12.3. The van der Waals surface area contributed by atoms with E-state index in [4.69, 9.17) is 21.7 Å². The Morgan fingerprint density at radius 1 is 1.38 bits per heavy atom. The number of rotatable bonds is 6. The van der Waals surface area contributed by atoms with Crippen molar-refractivity contribution in [2.45, 2.75) is 0 Å².